The molecule has 5 heteroatoms. The maximum absolute atomic E-state index is 11.5. The number of carboxylic acid groups (broad SMARTS) is 1. The fourth-order valence-corrected chi connectivity index (χ4v) is 1.50. The number of anilines is 1. The number of nitrogens with one attached hydrogen (secondary N) is 1. The minimum Gasteiger partial charge on any atom is -0.481 e. The Hall–Kier alpha value is -1.88. The van der Waals surface area contributed by atoms with E-state index in [1.807, 2.05) is 6.92 Å². The van der Waals surface area contributed by atoms with Gasteiger partial charge in [-0.1, -0.05) is 19.1 Å². The zero-order valence-corrected chi connectivity index (χ0v) is 11.2. The molecule has 1 atom stereocenters. The van der Waals surface area contributed by atoms with Crippen LogP contribution in [0.1, 0.15) is 31.7 Å². The molecule has 1 aromatic carbocycles. The van der Waals surface area contributed by atoms with Crippen LogP contribution in [0.25, 0.3) is 0 Å². The predicted molar refractivity (Wildman–Crippen MR) is 72.2 cm³/mol. The summed E-state index contributed by atoms with van der Waals surface area (Å²) in [6, 6.07) is 6.77. The van der Waals surface area contributed by atoms with E-state index in [1.54, 1.807) is 31.2 Å². The van der Waals surface area contributed by atoms with E-state index in [4.69, 9.17) is 9.84 Å². The monoisotopic (exact) mass is 265 g/mol. The first kappa shape index (κ1) is 15.2. The number of amides is 1. The highest BCUT2D eigenvalue weighted by atomic mass is 16.5. The third kappa shape index (κ3) is 5.09. The van der Waals surface area contributed by atoms with Crippen LogP contribution in [-0.4, -0.2) is 30.2 Å². The van der Waals surface area contributed by atoms with Crippen LogP contribution in [0, 0.1) is 0 Å². The van der Waals surface area contributed by atoms with Crippen LogP contribution >= 0.6 is 0 Å². The van der Waals surface area contributed by atoms with Gasteiger partial charge in [-0.25, -0.2) is 0 Å². The van der Waals surface area contributed by atoms with Crippen LogP contribution in [0.4, 0.5) is 5.69 Å². The Labute approximate surface area is 112 Å². The lowest BCUT2D eigenvalue weighted by atomic mass is 10.0. The molecular formula is C14H19NO4. The normalized spacial score (nSPS) is 11.9. The van der Waals surface area contributed by atoms with Gasteiger partial charge in [0, 0.05) is 12.3 Å². The molecule has 0 aliphatic heterocycles. The summed E-state index contributed by atoms with van der Waals surface area (Å²) in [4.78, 5) is 22.3. The second kappa shape index (κ2) is 7.53. The van der Waals surface area contributed by atoms with E-state index < -0.39 is 11.9 Å². The zero-order valence-electron chi connectivity index (χ0n) is 11.2. The third-order valence-electron chi connectivity index (χ3n) is 2.65. The van der Waals surface area contributed by atoms with E-state index in [1.165, 1.54) is 0 Å². The molecule has 0 aliphatic carbocycles. The molecule has 0 aliphatic rings. The summed E-state index contributed by atoms with van der Waals surface area (Å²) in [6.07, 6.45) is 0.870. The molecule has 0 spiro atoms. The molecule has 1 rings (SSSR count). The lowest BCUT2D eigenvalue weighted by Gasteiger charge is -2.09. The van der Waals surface area contributed by atoms with Crippen molar-refractivity contribution in [2.24, 2.45) is 0 Å². The Bertz CT molecular complexity index is 428. The highest BCUT2D eigenvalue weighted by Crippen LogP contribution is 2.18. The molecule has 19 heavy (non-hydrogen) atoms. The van der Waals surface area contributed by atoms with Crippen molar-refractivity contribution < 1.29 is 19.4 Å². The maximum atomic E-state index is 11.5. The van der Waals surface area contributed by atoms with Gasteiger partial charge in [0.05, 0.1) is 5.92 Å². The Morgan fingerprint density at radius 1 is 1.32 bits per heavy atom. The van der Waals surface area contributed by atoms with Gasteiger partial charge in [-0.3, -0.25) is 9.59 Å². The smallest absolute Gasteiger partial charge is 0.310 e. The van der Waals surface area contributed by atoms with Gasteiger partial charge in [0.2, 0.25) is 5.91 Å². The molecule has 1 amide bonds. The molecule has 1 aromatic rings. The number of aliphatic carboxylic acids is 1. The molecule has 5 nitrogen and oxygen atoms in total. The van der Waals surface area contributed by atoms with Crippen LogP contribution in [-0.2, 0) is 14.3 Å². The quantitative estimate of drug-likeness (QED) is 0.741. The molecule has 0 saturated carbocycles. The Morgan fingerprint density at radius 3 is 2.47 bits per heavy atom. The van der Waals surface area contributed by atoms with Gasteiger partial charge < -0.3 is 15.2 Å². The number of hydrogen-bond acceptors (Lipinski definition) is 3. The van der Waals surface area contributed by atoms with E-state index >= 15 is 0 Å². The van der Waals surface area contributed by atoms with Crippen molar-refractivity contribution in [1.29, 1.82) is 0 Å². The molecule has 0 fully saturated rings. The molecule has 2 N–H and O–H groups in total. The number of benzene rings is 1. The van der Waals surface area contributed by atoms with Crippen LogP contribution in [0.2, 0.25) is 0 Å². The van der Waals surface area contributed by atoms with Crippen molar-refractivity contribution in [3.05, 3.63) is 29.8 Å². The highest BCUT2D eigenvalue weighted by molar-refractivity contribution is 5.91. The second-order valence-corrected chi connectivity index (χ2v) is 4.28. The number of carboxylic acids is 1. The van der Waals surface area contributed by atoms with Crippen LogP contribution in [0.5, 0.6) is 0 Å². The van der Waals surface area contributed by atoms with Crippen LogP contribution in [0.15, 0.2) is 24.3 Å². The number of hydrogen-bond donors (Lipinski definition) is 2. The van der Waals surface area contributed by atoms with E-state index in [0.29, 0.717) is 17.9 Å². The van der Waals surface area contributed by atoms with Gasteiger partial charge >= 0.3 is 5.97 Å². The summed E-state index contributed by atoms with van der Waals surface area (Å²) >= 11 is 0. The summed E-state index contributed by atoms with van der Waals surface area (Å²) in [5, 5.41) is 11.6. The number of rotatable bonds is 7. The molecule has 0 aromatic heterocycles. The van der Waals surface area contributed by atoms with Crippen molar-refractivity contribution in [1.82, 2.24) is 0 Å². The summed E-state index contributed by atoms with van der Waals surface area (Å²) in [5.41, 5.74) is 1.33. The predicted octanol–water partition coefficient (Wildman–Crippen LogP) is 2.24. The number of ether oxygens (including phenoxy) is 1. The maximum Gasteiger partial charge on any atom is 0.310 e. The highest BCUT2D eigenvalue weighted by Gasteiger charge is 2.13. The van der Waals surface area contributed by atoms with E-state index in [9.17, 15) is 9.59 Å². The van der Waals surface area contributed by atoms with E-state index in [2.05, 4.69) is 5.32 Å². The van der Waals surface area contributed by atoms with E-state index in [0.717, 1.165) is 6.42 Å². The molecular weight excluding hydrogens is 246 g/mol. The first-order chi connectivity index (χ1) is 9.04. The lowest BCUT2D eigenvalue weighted by molar-refractivity contribution is -0.138. The van der Waals surface area contributed by atoms with Gasteiger partial charge in [-0.15, -0.1) is 0 Å². The van der Waals surface area contributed by atoms with Crippen LogP contribution in [0.3, 0.4) is 0 Å². The van der Waals surface area contributed by atoms with E-state index in [-0.39, 0.29) is 12.5 Å². The van der Waals surface area contributed by atoms with Gasteiger partial charge in [-0.05, 0) is 31.0 Å². The largest absolute Gasteiger partial charge is 0.481 e. The lowest BCUT2D eigenvalue weighted by Crippen LogP contribution is -2.18. The minimum atomic E-state index is -0.871. The molecule has 104 valence electrons. The molecule has 0 radical (unpaired) electrons. The molecule has 0 heterocycles. The first-order valence-electron chi connectivity index (χ1n) is 6.25. The average molecular weight is 265 g/mol. The fourth-order valence-electron chi connectivity index (χ4n) is 1.50. The SMILES string of the molecule is CCCOCC(=O)Nc1ccc(C(C)C(=O)O)cc1. The molecule has 1 unspecified atom stereocenters. The van der Waals surface area contributed by atoms with Crippen molar-refractivity contribution >= 4 is 17.6 Å². The fraction of sp³-hybridized carbons (Fsp3) is 0.429. The summed E-state index contributed by atoms with van der Waals surface area (Å²) in [7, 11) is 0. The molecule has 0 bridgehead atoms. The van der Waals surface area contributed by atoms with Gasteiger partial charge in [0.25, 0.3) is 0 Å². The number of carbonyl (C=O) groups excluding carboxylic acids is 1. The average Bonchev–Trinajstić information content (AvgIpc) is 2.39. The Morgan fingerprint density at radius 2 is 1.95 bits per heavy atom. The zero-order chi connectivity index (χ0) is 14.3. The van der Waals surface area contributed by atoms with Gasteiger partial charge in [0.1, 0.15) is 6.61 Å². The minimum absolute atomic E-state index is 0.0289. The summed E-state index contributed by atoms with van der Waals surface area (Å²) in [6.45, 7) is 4.18. The van der Waals surface area contributed by atoms with Gasteiger partial charge in [-0.2, -0.15) is 0 Å². The third-order valence-corrected chi connectivity index (χ3v) is 2.65. The van der Waals surface area contributed by atoms with Crippen molar-refractivity contribution in [2.45, 2.75) is 26.2 Å². The van der Waals surface area contributed by atoms with Crippen molar-refractivity contribution in [3.63, 3.8) is 0 Å². The van der Waals surface area contributed by atoms with Crippen molar-refractivity contribution in [2.75, 3.05) is 18.5 Å². The topological polar surface area (TPSA) is 75.6 Å². The summed E-state index contributed by atoms with van der Waals surface area (Å²) in [5.74, 6) is -1.64. The molecule has 0 saturated heterocycles. The Kier molecular flexibility index (Phi) is 6.02. The second-order valence-electron chi connectivity index (χ2n) is 4.28. The summed E-state index contributed by atoms with van der Waals surface area (Å²) < 4.78 is 5.12. The van der Waals surface area contributed by atoms with Crippen molar-refractivity contribution in [3.8, 4) is 0 Å². The van der Waals surface area contributed by atoms with Gasteiger partial charge in [0.15, 0.2) is 0 Å². The first-order valence-corrected chi connectivity index (χ1v) is 6.25. The number of carbonyl (C=O) groups is 2. The Balaban J connectivity index is 2.52. The van der Waals surface area contributed by atoms with Crippen LogP contribution < -0.4 is 5.32 Å². The standard InChI is InChI=1S/C14H19NO4/c1-3-8-19-9-13(16)15-12-6-4-11(5-7-12)10(2)14(17)18/h4-7,10H,3,8-9H2,1-2H3,(H,15,16)(H,17,18).